The Labute approximate surface area is 160 Å². The number of hydrogen-bond acceptors (Lipinski definition) is 4. The molecule has 26 heavy (non-hydrogen) atoms. The predicted octanol–water partition coefficient (Wildman–Crippen LogP) is 4.40. The van der Waals surface area contributed by atoms with Crippen LogP contribution in [0.2, 0.25) is 18.1 Å². The molecule has 4 nitrogen and oxygen atoms in total. The molecule has 0 saturated heterocycles. The summed E-state index contributed by atoms with van der Waals surface area (Å²) in [5.41, 5.74) is 0. The van der Waals surface area contributed by atoms with Gasteiger partial charge in [-0.2, -0.15) is 0 Å². The molecule has 1 saturated carbocycles. The first-order valence-corrected chi connectivity index (χ1v) is 13.1. The summed E-state index contributed by atoms with van der Waals surface area (Å²) in [6.07, 6.45) is 6.19. The number of hydrogen-bond donors (Lipinski definition) is 1. The number of fused-ring (bicyclic) bond motifs is 1. The van der Waals surface area contributed by atoms with Crippen molar-refractivity contribution in [3.05, 3.63) is 12.2 Å². The maximum absolute atomic E-state index is 12.8. The smallest absolute Gasteiger partial charge is 0.309 e. The summed E-state index contributed by atoms with van der Waals surface area (Å²) in [5.74, 6) is 0.579. The van der Waals surface area contributed by atoms with Gasteiger partial charge in [-0.15, -0.1) is 0 Å². The Balaban J connectivity index is 2.36. The summed E-state index contributed by atoms with van der Waals surface area (Å²) in [7, 11) is -1.97. The molecular weight excluding hydrogens is 344 g/mol. The highest BCUT2D eigenvalue weighted by atomic mass is 28.4. The van der Waals surface area contributed by atoms with Crippen LogP contribution >= 0.6 is 0 Å². The minimum Gasteiger partial charge on any atom is -0.466 e. The van der Waals surface area contributed by atoms with E-state index in [1.165, 1.54) is 0 Å². The molecule has 2 aliphatic rings. The van der Waals surface area contributed by atoms with Gasteiger partial charge in [0, 0.05) is 18.6 Å². The highest BCUT2D eigenvalue weighted by Crippen LogP contribution is 2.49. The van der Waals surface area contributed by atoms with Gasteiger partial charge in [0.15, 0.2) is 8.32 Å². The zero-order valence-electron chi connectivity index (χ0n) is 17.6. The predicted molar refractivity (Wildman–Crippen MR) is 107 cm³/mol. The number of ether oxygens (including phenoxy) is 1. The molecule has 5 heteroatoms. The molecule has 0 aromatic rings. The Hall–Kier alpha value is -0.653. The number of allylic oxidation sites excluding steroid dienone is 2. The monoisotopic (exact) mass is 382 g/mol. The van der Waals surface area contributed by atoms with Gasteiger partial charge in [0.1, 0.15) is 0 Å². The molecule has 0 heterocycles. The van der Waals surface area contributed by atoms with Crippen molar-refractivity contribution in [1.29, 1.82) is 0 Å². The van der Waals surface area contributed by atoms with E-state index in [9.17, 15) is 9.90 Å². The third-order valence-corrected chi connectivity index (χ3v) is 11.3. The molecule has 2 aliphatic carbocycles. The molecule has 6 atom stereocenters. The van der Waals surface area contributed by atoms with Gasteiger partial charge in [-0.05, 0) is 55.7 Å². The number of aliphatic hydroxyl groups is 1. The van der Waals surface area contributed by atoms with Crippen molar-refractivity contribution in [3.63, 3.8) is 0 Å². The SMILES string of the molecule is CCOC(=O)C1C(C)C=CC2CC(CO)CC(O[Si](C)(C)C(C)(C)C)C21. The number of esters is 1. The topological polar surface area (TPSA) is 55.8 Å². The zero-order valence-corrected chi connectivity index (χ0v) is 18.6. The van der Waals surface area contributed by atoms with Crippen molar-refractivity contribution in [1.82, 2.24) is 0 Å². The highest BCUT2D eigenvalue weighted by Gasteiger charge is 2.50. The average Bonchev–Trinajstić information content (AvgIpc) is 2.53. The van der Waals surface area contributed by atoms with Gasteiger partial charge in [-0.1, -0.05) is 39.8 Å². The molecule has 1 N–H and O–H groups in total. The molecule has 0 radical (unpaired) electrons. The van der Waals surface area contributed by atoms with Gasteiger partial charge < -0.3 is 14.3 Å². The number of carbonyl (C=O) groups excluding carboxylic acids is 1. The molecule has 0 aromatic heterocycles. The first-order valence-electron chi connectivity index (χ1n) is 10.2. The molecule has 0 aliphatic heterocycles. The lowest BCUT2D eigenvalue weighted by molar-refractivity contribution is -0.157. The van der Waals surface area contributed by atoms with Crippen LogP contribution in [-0.4, -0.2) is 38.7 Å². The maximum Gasteiger partial charge on any atom is 0.309 e. The van der Waals surface area contributed by atoms with Crippen molar-refractivity contribution in [2.45, 2.75) is 71.7 Å². The fourth-order valence-electron chi connectivity index (χ4n) is 4.33. The largest absolute Gasteiger partial charge is 0.466 e. The van der Waals surface area contributed by atoms with E-state index in [-0.39, 0.29) is 53.3 Å². The lowest BCUT2D eigenvalue weighted by Gasteiger charge is -2.50. The van der Waals surface area contributed by atoms with E-state index in [4.69, 9.17) is 9.16 Å². The first kappa shape index (κ1) is 21.6. The fraction of sp³-hybridized carbons (Fsp3) is 0.857. The second kappa shape index (κ2) is 8.15. The molecule has 1 fully saturated rings. The second-order valence-corrected chi connectivity index (χ2v) is 14.5. The van der Waals surface area contributed by atoms with Gasteiger partial charge in [0.25, 0.3) is 0 Å². The van der Waals surface area contributed by atoms with Gasteiger partial charge in [0.05, 0.1) is 12.5 Å². The third-order valence-electron chi connectivity index (χ3n) is 6.81. The normalized spacial score (nSPS) is 35.1. The van der Waals surface area contributed by atoms with Gasteiger partial charge in [-0.3, -0.25) is 4.79 Å². The van der Waals surface area contributed by atoms with Crippen LogP contribution in [0.25, 0.3) is 0 Å². The minimum absolute atomic E-state index is 0.00796. The van der Waals surface area contributed by atoms with Crippen molar-refractivity contribution in [2.24, 2.45) is 29.6 Å². The quantitative estimate of drug-likeness (QED) is 0.435. The molecule has 0 spiro atoms. The van der Waals surface area contributed by atoms with E-state index < -0.39 is 8.32 Å². The van der Waals surface area contributed by atoms with Crippen molar-refractivity contribution >= 4 is 14.3 Å². The van der Waals surface area contributed by atoms with E-state index in [0.717, 1.165) is 12.8 Å². The van der Waals surface area contributed by atoms with E-state index in [1.807, 2.05) is 6.92 Å². The van der Waals surface area contributed by atoms with Crippen LogP contribution in [0.15, 0.2) is 12.2 Å². The van der Waals surface area contributed by atoms with E-state index in [2.05, 4.69) is 52.9 Å². The number of aliphatic hydroxyl groups excluding tert-OH is 1. The molecule has 0 aromatic carbocycles. The molecule has 6 unspecified atom stereocenters. The molecule has 0 bridgehead atoms. The summed E-state index contributed by atoms with van der Waals surface area (Å²) < 4.78 is 12.3. The van der Waals surface area contributed by atoms with Gasteiger partial charge in [0.2, 0.25) is 0 Å². The lowest BCUT2D eigenvalue weighted by Crippen LogP contribution is -2.53. The summed E-state index contributed by atoms with van der Waals surface area (Å²) in [6.45, 7) is 15.9. The van der Waals surface area contributed by atoms with Crippen LogP contribution in [0.1, 0.15) is 47.5 Å². The van der Waals surface area contributed by atoms with Crippen LogP contribution in [0.4, 0.5) is 0 Å². The van der Waals surface area contributed by atoms with Crippen LogP contribution in [-0.2, 0) is 14.0 Å². The Morgan fingerprint density at radius 1 is 1.23 bits per heavy atom. The standard InChI is InChI=1S/C21H38O4Si/c1-8-24-20(23)18-14(2)9-10-16-11-15(13-22)12-17(19(16)18)25-26(6,7)21(3,4)5/h9-10,14-19,22H,8,11-13H2,1-7H3. The first-order chi connectivity index (χ1) is 12.0. The van der Waals surface area contributed by atoms with Crippen molar-refractivity contribution in [2.75, 3.05) is 13.2 Å². The number of carbonyl (C=O) groups is 1. The van der Waals surface area contributed by atoms with E-state index in [1.54, 1.807) is 0 Å². The third kappa shape index (κ3) is 4.42. The summed E-state index contributed by atoms with van der Waals surface area (Å²) in [6, 6.07) is 0. The van der Waals surface area contributed by atoms with Crippen molar-refractivity contribution < 1.29 is 19.1 Å². The van der Waals surface area contributed by atoms with Crippen LogP contribution in [0.5, 0.6) is 0 Å². The van der Waals surface area contributed by atoms with Gasteiger partial charge >= 0.3 is 5.97 Å². The van der Waals surface area contributed by atoms with Crippen molar-refractivity contribution in [3.8, 4) is 0 Å². The van der Waals surface area contributed by atoms with Crippen LogP contribution in [0, 0.1) is 29.6 Å². The highest BCUT2D eigenvalue weighted by molar-refractivity contribution is 6.74. The summed E-state index contributed by atoms with van der Waals surface area (Å²) >= 11 is 0. The molecule has 150 valence electrons. The van der Waals surface area contributed by atoms with Crippen LogP contribution < -0.4 is 0 Å². The Morgan fingerprint density at radius 3 is 2.42 bits per heavy atom. The molecule has 0 amide bonds. The van der Waals surface area contributed by atoms with E-state index >= 15 is 0 Å². The maximum atomic E-state index is 12.8. The Bertz CT molecular complexity index is 523. The van der Waals surface area contributed by atoms with Crippen LogP contribution in [0.3, 0.4) is 0 Å². The molecular formula is C21H38O4Si. The Morgan fingerprint density at radius 2 is 1.88 bits per heavy atom. The van der Waals surface area contributed by atoms with Gasteiger partial charge in [-0.25, -0.2) is 0 Å². The zero-order chi connectivity index (χ0) is 19.7. The minimum atomic E-state index is -1.97. The molecule has 2 rings (SSSR count). The second-order valence-electron chi connectivity index (χ2n) is 9.70. The summed E-state index contributed by atoms with van der Waals surface area (Å²) in [4.78, 5) is 12.8. The van der Waals surface area contributed by atoms with E-state index in [0.29, 0.717) is 6.61 Å². The summed E-state index contributed by atoms with van der Waals surface area (Å²) in [5, 5.41) is 9.92. The fourth-order valence-corrected chi connectivity index (χ4v) is 5.70. The number of rotatable bonds is 5. The lowest BCUT2D eigenvalue weighted by atomic mass is 9.62. The average molecular weight is 383 g/mol. The Kier molecular flexibility index (Phi) is 6.79.